The molecule has 0 fully saturated rings. The first-order valence-electron chi connectivity index (χ1n) is 7.58. The van der Waals surface area contributed by atoms with Crippen molar-refractivity contribution in [2.75, 3.05) is 13.7 Å². The SMILES string of the molecule is CC[C@H](NC(=O)c1ccc([N+](=O)[O-])c(OCC(F)(F)C(F)(F)F)c1)C(=O)OC. The minimum absolute atomic E-state index is 0.132. The van der Waals surface area contributed by atoms with Crippen LogP contribution in [0.1, 0.15) is 23.7 Å². The second-order valence-electron chi connectivity index (χ2n) is 5.39. The van der Waals surface area contributed by atoms with E-state index in [1.807, 2.05) is 0 Å². The van der Waals surface area contributed by atoms with Crippen LogP contribution in [0.2, 0.25) is 0 Å². The van der Waals surface area contributed by atoms with Crippen molar-refractivity contribution in [3.63, 3.8) is 0 Å². The Kier molecular flexibility index (Phi) is 7.24. The van der Waals surface area contributed by atoms with Crippen LogP contribution in [0.4, 0.5) is 27.6 Å². The summed E-state index contributed by atoms with van der Waals surface area (Å²) in [6.45, 7) is -0.673. The van der Waals surface area contributed by atoms with Crippen LogP contribution >= 0.6 is 0 Å². The molecule has 0 aromatic heterocycles. The molecule has 1 atom stereocenters. The van der Waals surface area contributed by atoms with Gasteiger partial charge in [-0.3, -0.25) is 14.9 Å². The fourth-order valence-electron chi connectivity index (χ4n) is 1.88. The van der Waals surface area contributed by atoms with Gasteiger partial charge in [-0.15, -0.1) is 0 Å². The molecule has 0 aliphatic heterocycles. The van der Waals surface area contributed by atoms with E-state index in [4.69, 9.17) is 0 Å². The van der Waals surface area contributed by atoms with Crippen LogP contribution in [0, 0.1) is 10.1 Å². The van der Waals surface area contributed by atoms with Crippen LogP contribution in [0.15, 0.2) is 18.2 Å². The number of nitro benzene ring substituents is 1. The summed E-state index contributed by atoms with van der Waals surface area (Å²) >= 11 is 0. The Morgan fingerprint density at radius 2 is 1.86 bits per heavy atom. The average molecular weight is 414 g/mol. The lowest BCUT2D eigenvalue weighted by Crippen LogP contribution is -2.42. The van der Waals surface area contributed by atoms with Gasteiger partial charge in [0, 0.05) is 17.7 Å². The normalized spacial score (nSPS) is 12.8. The molecule has 8 nitrogen and oxygen atoms in total. The molecule has 0 saturated carbocycles. The second kappa shape index (κ2) is 8.80. The van der Waals surface area contributed by atoms with Crippen LogP contribution in [0.3, 0.4) is 0 Å². The Morgan fingerprint density at radius 1 is 1.25 bits per heavy atom. The molecule has 1 N–H and O–H groups in total. The number of rotatable bonds is 8. The quantitative estimate of drug-likeness (QED) is 0.303. The van der Waals surface area contributed by atoms with E-state index in [0.29, 0.717) is 12.1 Å². The van der Waals surface area contributed by atoms with E-state index in [0.717, 1.165) is 13.2 Å². The summed E-state index contributed by atoms with van der Waals surface area (Å²) in [5, 5.41) is 13.2. The molecule has 1 aromatic rings. The van der Waals surface area contributed by atoms with Crippen molar-refractivity contribution in [2.45, 2.75) is 31.5 Å². The van der Waals surface area contributed by atoms with Crippen LogP contribution in [-0.4, -0.2) is 48.7 Å². The van der Waals surface area contributed by atoms with Crippen molar-refractivity contribution in [3.8, 4) is 5.75 Å². The summed E-state index contributed by atoms with van der Waals surface area (Å²) in [6.07, 6.45) is -5.79. The van der Waals surface area contributed by atoms with Gasteiger partial charge in [0.05, 0.1) is 12.0 Å². The second-order valence-corrected chi connectivity index (χ2v) is 5.39. The maximum atomic E-state index is 13.0. The number of hydrogen-bond donors (Lipinski definition) is 1. The number of nitrogens with one attached hydrogen (secondary N) is 1. The highest BCUT2D eigenvalue weighted by atomic mass is 19.4. The zero-order chi connectivity index (χ0) is 21.7. The highest BCUT2D eigenvalue weighted by Gasteiger charge is 2.58. The third-order valence-corrected chi connectivity index (χ3v) is 3.44. The number of hydrogen-bond acceptors (Lipinski definition) is 6. The Hall–Kier alpha value is -2.99. The van der Waals surface area contributed by atoms with E-state index in [1.165, 1.54) is 0 Å². The van der Waals surface area contributed by atoms with E-state index in [-0.39, 0.29) is 12.0 Å². The van der Waals surface area contributed by atoms with Crippen molar-refractivity contribution >= 4 is 17.6 Å². The van der Waals surface area contributed by atoms with Gasteiger partial charge in [-0.05, 0) is 12.5 Å². The number of methoxy groups -OCH3 is 1. The molecule has 1 rings (SSSR count). The van der Waals surface area contributed by atoms with E-state index < -0.39 is 53.0 Å². The first-order chi connectivity index (χ1) is 12.8. The number of nitrogens with zero attached hydrogens (tertiary/aromatic N) is 1. The molecule has 1 amide bonds. The van der Waals surface area contributed by atoms with Crippen LogP contribution < -0.4 is 10.1 Å². The number of halogens is 5. The summed E-state index contributed by atoms with van der Waals surface area (Å²) in [6, 6.07) is 1.19. The molecule has 0 aliphatic carbocycles. The molecule has 13 heteroatoms. The van der Waals surface area contributed by atoms with Crippen LogP contribution in [0.25, 0.3) is 0 Å². The summed E-state index contributed by atoms with van der Waals surface area (Å²) in [7, 11) is 1.08. The largest absolute Gasteiger partial charge is 0.480 e. The number of ether oxygens (including phenoxy) is 2. The summed E-state index contributed by atoms with van der Waals surface area (Å²) < 4.78 is 71.4. The van der Waals surface area contributed by atoms with Gasteiger partial charge in [-0.25, -0.2) is 4.79 Å². The van der Waals surface area contributed by atoms with Gasteiger partial charge in [-0.1, -0.05) is 6.92 Å². The highest BCUT2D eigenvalue weighted by Crippen LogP contribution is 2.37. The molecule has 0 spiro atoms. The average Bonchev–Trinajstić information content (AvgIpc) is 2.62. The number of carbonyl (C=O) groups is 2. The van der Waals surface area contributed by atoms with Gasteiger partial charge < -0.3 is 14.8 Å². The van der Waals surface area contributed by atoms with Gasteiger partial charge in [-0.2, -0.15) is 22.0 Å². The van der Waals surface area contributed by atoms with Gasteiger partial charge in [0.2, 0.25) is 0 Å². The zero-order valence-corrected chi connectivity index (χ0v) is 14.5. The van der Waals surface area contributed by atoms with Crippen molar-refractivity contribution in [2.24, 2.45) is 0 Å². The molecule has 0 radical (unpaired) electrons. The van der Waals surface area contributed by atoms with Gasteiger partial charge in [0.25, 0.3) is 5.91 Å². The molecule has 156 valence electrons. The predicted molar refractivity (Wildman–Crippen MR) is 83.2 cm³/mol. The summed E-state index contributed by atoms with van der Waals surface area (Å²) in [5.74, 6) is -7.96. The fraction of sp³-hybridized carbons (Fsp3) is 0.467. The number of carbonyl (C=O) groups excluding carboxylic acids is 2. The van der Waals surface area contributed by atoms with E-state index in [1.54, 1.807) is 6.92 Å². The smallest absolute Gasteiger partial charge is 0.456 e. The first kappa shape index (κ1) is 23.0. The third-order valence-electron chi connectivity index (χ3n) is 3.44. The van der Waals surface area contributed by atoms with Gasteiger partial charge in [0.1, 0.15) is 6.04 Å². The maximum absolute atomic E-state index is 13.0. The minimum Gasteiger partial charge on any atom is -0.480 e. The van der Waals surface area contributed by atoms with Crippen molar-refractivity contribution < 1.29 is 45.9 Å². The molecule has 0 saturated heterocycles. The molecule has 0 unspecified atom stereocenters. The lowest BCUT2D eigenvalue weighted by Gasteiger charge is -2.20. The third kappa shape index (κ3) is 5.50. The van der Waals surface area contributed by atoms with Gasteiger partial charge >= 0.3 is 23.8 Å². The van der Waals surface area contributed by atoms with E-state index >= 15 is 0 Å². The number of benzene rings is 1. The Bertz CT molecular complexity index is 753. The maximum Gasteiger partial charge on any atom is 0.456 e. The minimum atomic E-state index is -5.92. The molecule has 0 heterocycles. The van der Waals surface area contributed by atoms with Crippen molar-refractivity contribution in [3.05, 3.63) is 33.9 Å². The van der Waals surface area contributed by atoms with Crippen molar-refractivity contribution in [1.82, 2.24) is 5.32 Å². The number of nitro groups is 1. The zero-order valence-electron chi connectivity index (χ0n) is 14.5. The summed E-state index contributed by atoms with van der Waals surface area (Å²) in [4.78, 5) is 33.5. The summed E-state index contributed by atoms with van der Waals surface area (Å²) in [5.41, 5.74) is -1.28. The fourth-order valence-corrected chi connectivity index (χ4v) is 1.88. The lowest BCUT2D eigenvalue weighted by molar-refractivity contribution is -0.386. The monoisotopic (exact) mass is 414 g/mol. The molecule has 0 bridgehead atoms. The molecule has 1 aromatic carbocycles. The van der Waals surface area contributed by atoms with Crippen molar-refractivity contribution in [1.29, 1.82) is 0 Å². The lowest BCUT2D eigenvalue weighted by atomic mass is 10.1. The topological polar surface area (TPSA) is 108 Å². The molecular formula is C15H15F5N2O6. The molecule has 28 heavy (non-hydrogen) atoms. The Morgan fingerprint density at radius 3 is 2.32 bits per heavy atom. The number of amides is 1. The number of esters is 1. The van der Waals surface area contributed by atoms with Gasteiger partial charge in [0.15, 0.2) is 12.4 Å². The highest BCUT2D eigenvalue weighted by molar-refractivity contribution is 5.97. The van der Waals surface area contributed by atoms with E-state index in [9.17, 15) is 41.7 Å². The molecular weight excluding hydrogens is 399 g/mol. The van der Waals surface area contributed by atoms with E-state index in [2.05, 4.69) is 14.8 Å². The molecule has 0 aliphatic rings. The predicted octanol–water partition coefficient (Wildman–Crippen LogP) is 2.85. The standard InChI is InChI=1S/C15H15F5N2O6/c1-3-9(13(24)27-2)21-12(23)8-4-5-10(22(25)26)11(6-8)28-7-14(16,17)15(18,19)20/h4-6,9H,3,7H2,1-2H3,(H,21,23)/t9-/m0/s1. The van der Waals surface area contributed by atoms with Crippen LogP contribution in [-0.2, 0) is 9.53 Å². The van der Waals surface area contributed by atoms with Crippen LogP contribution in [0.5, 0.6) is 5.75 Å². The number of alkyl halides is 5. The Balaban J connectivity index is 3.12. The Labute approximate surface area is 154 Å². The first-order valence-corrected chi connectivity index (χ1v) is 7.58.